The van der Waals surface area contributed by atoms with Crippen LogP contribution >= 0.6 is 0 Å². The van der Waals surface area contributed by atoms with Gasteiger partial charge in [0.25, 0.3) is 0 Å². The first-order chi connectivity index (χ1) is 10.9. The lowest BCUT2D eigenvalue weighted by atomic mass is 9.81. The quantitative estimate of drug-likeness (QED) is 0.926. The average molecular weight is 297 g/mol. The molecule has 0 saturated heterocycles. The van der Waals surface area contributed by atoms with Gasteiger partial charge in [0, 0.05) is 24.1 Å². The summed E-state index contributed by atoms with van der Waals surface area (Å²) in [5.41, 5.74) is 3.77. The summed E-state index contributed by atoms with van der Waals surface area (Å²) in [6, 6.07) is 6.08. The highest BCUT2D eigenvalue weighted by molar-refractivity contribution is 5.60. The maximum atomic E-state index is 5.71. The molecule has 2 aliphatic heterocycles. The number of nitrogens with one attached hydrogen (secondary N) is 1. The molecule has 0 amide bonds. The van der Waals surface area contributed by atoms with Crippen molar-refractivity contribution in [3.63, 3.8) is 0 Å². The van der Waals surface area contributed by atoms with Gasteiger partial charge in [-0.15, -0.1) is 0 Å². The minimum atomic E-state index is 0.610. The van der Waals surface area contributed by atoms with Crippen LogP contribution in [0.4, 0.5) is 5.82 Å². The van der Waals surface area contributed by atoms with Gasteiger partial charge in [0.05, 0.1) is 11.4 Å². The summed E-state index contributed by atoms with van der Waals surface area (Å²) in [6.07, 6.45) is 4.99. The summed E-state index contributed by atoms with van der Waals surface area (Å²) in [4.78, 5) is 0. The zero-order valence-electron chi connectivity index (χ0n) is 12.5. The van der Waals surface area contributed by atoms with E-state index in [4.69, 9.17) is 14.6 Å². The van der Waals surface area contributed by atoms with E-state index in [2.05, 4.69) is 11.4 Å². The number of hydrogen-bond donors (Lipinski definition) is 1. The van der Waals surface area contributed by atoms with Crippen molar-refractivity contribution in [2.45, 2.75) is 31.6 Å². The van der Waals surface area contributed by atoms with Gasteiger partial charge >= 0.3 is 0 Å². The normalized spacial score (nSPS) is 19.5. The second-order valence-corrected chi connectivity index (χ2v) is 6.26. The van der Waals surface area contributed by atoms with Crippen LogP contribution in [-0.2, 0) is 6.42 Å². The smallest absolute Gasteiger partial charge is 0.163 e. The Bertz CT molecular complexity index is 734. The first-order valence-corrected chi connectivity index (χ1v) is 8.16. The predicted molar refractivity (Wildman–Crippen MR) is 83.3 cm³/mol. The molecule has 0 unspecified atom stereocenters. The molecule has 3 aliphatic rings. The fourth-order valence-corrected chi connectivity index (χ4v) is 3.56. The molecule has 5 rings (SSSR count). The molecule has 0 radical (unpaired) electrons. The van der Waals surface area contributed by atoms with E-state index in [9.17, 15) is 0 Å². The number of anilines is 1. The monoisotopic (exact) mass is 297 g/mol. The average Bonchev–Trinajstić information content (AvgIpc) is 3.09. The van der Waals surface area contributed by atoms with Crippen molar-refractivity contribution < 1.29 is 9.47 Å². The van der Waals surface area contributed by atoms with E-state index >= 15 is 0 Å². The summed E-state index contributed by atoms with van der Waals surface area (Å²) in [7, 11) is 0. The first kappa shape index (κ1) is 12.4. The van der Waals surface area contributed by atoms with Crippen LogP contribution in [0.1, 0.15) is 36.4 Å². The maximum Gasteiger partial charge on any atom is 0.163 e. The third-order valence-corrected chi connectivity index (χ3v) is 4.94. The van der Waals surface area contributed by atoms with E-state index in [1.807, 2.05) is 16.8 Å². The van der Waals surface area contributed by atoms with Crippen molar-refractivity contribution >= 4 is 5.82 Å². The van der Waals surface area contributed by atoms with Crippen molar-refractivity contribution in [3.05, 3.63) is 29.5 Å². The van der Waals surface area contributed by atoms with Gasteiger partial charge in [0.15, 0.2) is 11.5 Å². The topological polar surface area (TPSA) is 48.3 Å². The van der Waals surface area contributed by atoms with Gasteiger partial charge in [-0.05, 0) is 31.4 Å². The Kier molecular flexibility index (Phi) is 2.62. The molecule has 1 fully saturated rings. The number of hydrogen-bond acceptors (Lipinski definition) is 4. The molecule has 2 aromatic rings. The van der Waals surface area contributed by atoms with E-state index in [-0.39, 0.29) is 0 Å². The summed E-state index contributed by atoms with van der Waals surface area (Å²) in [5, 5.41) is 8.43. The van der Waals surface area contributed by atoms with Crippen molar-refractivity contribution in [3.8, 4) is 17.2 Å². The van der Waals surface area contributed by atoms with E-state index in [0.29, 0.717) is 19.1 Å². The Hall–Kier alpha value is -2.17. The molecule has 22 heavy (non-hydrogen) atoms. The van der Waals surface area contributed by atoms with E-state index in [1.54, 1.807) is 0 Å². The number of benzene rings is 1. The second kappa shape index (κ2) is 4.66. The minimum absolute atomic E-state index is 0.610. The summed E-state index contributed by atoms with van der Waals surface area (Å²) in [5.74, 6) is 3.47. The van der Waals surface area contributed by atoms with Crippen LogP contribution in [-0.4, -0.2) is 29.5 Å². The number of rotatable bonds is 2. The van der Waals surface area contributed by atoms with Crippen molar-refractivity contribution in [1.29, 1.82) is 0 Å². The number of fused-ring (bicyclic) bond motifs is 2. The Balaban J connectivity index is 1.60. The molecule has 0 atom stereocenters. The molecule has 1 aromatic heterocycles. The van der Waals surface area contributed by atoms with Crippen LogP contribution in [0.15, 0.2) is 18.2 Å². The van der Waals surface area contributed by atoms with Crippen LogP contribution in [0.5, 0.6) is 11.5 Å². The minimum Gasteiger partial charge on any atom is -0.486 e. The lowest BCUT2D eigenvalue weighted by Crippen LogP contribution is -2.16. The van der Waals surface area contributed by atoms with Crippen molar-refractivity contribution in [2.24, 2.45) is 0 Å². The Morgan fingerprint density at radius 3 is 2.82 bits per heavy atom. The Morgan fingerprint density at radius 1 is 1.14 bits per heavy atom. The van der Waals surface area contributed by atoms with E-state index < -0.39 is 0 Å². The van der Waals surface area contributed by atoms with Crippen LogP contribution in [0.3, 0.4) is 0 Å². The number of ether oxygens (including phenoxy) is 2. The largest absolute Gasteiger partial charge is 0.486 e. The van der Waals surface area contributed by atoms with Gasteiger partial charge in [-0.1, -0.05) is 6.42 Å². The fraction of sp³-hybridized carbons (Fsp3) is 0.471. The molecule has 0 bridgehead atoms. The summed E-state index contributed by atoms with van der Waals surface area (Å²) >= 11 is 0. The highest BCUT2D eigenvalue weighted by Crippen LogP contribution is 2.42. The van der Waals surface area contributed by atoms with Gasteiger partial charge < -0.3 is 14.8 Å². The summed E-state index contributed by atoms with van der Waals surface area (Å²) < 4.78 is 13.4. The Labute approximate surface area is 129 Å². The standard InChI is InChI=1S/C17H19N3O2/c1-2-11(3-1)16-13-6-7-18-17(13)20(19-16)12-4-5-14-15(10-12)22-9-8-21-14/h4-5,10-11,18H,1-3,6-9H2. The molecule has 5 nitrogen and oxygen atoms in total. The van der Waals surface area contributed by atoms with Crippen molar-refractivity contribution in [1.82, 2.24) is 9.78 Å². The molecule has 0 spiro atoms. The van der Waals surface area contributed by atoms with Crippen LogP contribution in [0.2, 0.25) is 0 Å². The lowest BCUT2D eigenvalue weighted by molar-refractivity contribution is 0.171. The maximum absolute atomic E-state index is 5.71. The molecule has 1 saturated carbocycles. The highest BCUT2D eigenvalue weighted by Gasteiger charge is 2.31. The van der Waals surface area contributed by atoms with Crippen LogP contribution < -0.4 is 14.8 Å². The predicted octanol–water partition coefficient (Wildman–Crippen LogP) is 2.88. The molecule has 1 aliphatic carbocycles. The fourth-order valence-electron chi connectivity index (χ4n) is 3.56. The van der Waals surface area contributed by atoms with Gasteiger partial charge in [0.1, 0.15) is 19.0 Å². The second-order valence-electron chi connectivity index (χ2n) is 6.26. The third-order valence-electron chi connectivity index (χ3n) is 4.94. The lowest BCUT2D eigenvalue weighted by Gasteiger charge is -2.24. The van der Waals surface area contributed by atoms with Gasteiger partial charge in [-0.25, -0.2) is 4.68 Å². The number of aromatic nitrogens is 2. The van der Waals surface area contributed by atoms with Crippen LogP contribution in [0.25, 0.3) is 5.69 Å². The Morgan fingerprint density at radius 2 is 2.00 bits per heavy atom. The summed E-state index contributed by atoms with van der Waals surface area (Å²) in [6.45, 7) is 2.24. The SMILES string of the molecule is c1cc2c(cc1-n1nc(C3CCC3)c3c1NCC3)OCCO2. The molecule has 5 heteroatoms. The zero-order chi connectivity index (χ0) is 14.5. The highest BCUT2D eigenvalue weighted by atomic mass is 16.6. The first-order valence-electron chi connectivity index (χ1n) is 8.16. The van der Waals surface area contributed by atoms with Crippen molar-refractivity contribution in [2.75, 3.05) is 25.1 Å². The third kappa shape index (κ3) is 1.74. The van der Waals surface area contributed by atoms with Gasteiger partial charge in [0.2, 0.25) is 0 Å². The molecule has 1 N–H and O–H groups in total. The molecule has 114 valence electrons. The molecular weight excluding hydrogens is 278 g/mol. The molecular formula is C17H19N3O2. The zero-order valence-corrected chi connectivity index (χ0v) is 12.5. The van der Waals surface area contributed by atoms with Gasteiger partial charge in [-0.2, -0.15) is 5.10 Å². The van der Waals surface area contributed by atoms with E-state index in [0.717, 1.165) is 30.2 Å². The van der Waals surface area contributed by atoms with Crippen LogP contribution in [0, 0.1) is 0 Å². The van der Waals surface area contributed by atoms with Gasteiger partial charge in [-0.3, -0.25) is 0 Å². The van der Waals surface area contributed by atoms with E-state index in [1.165, 1.54) is 36.3 Å². The molecule has 3 heterocycles. The number of nitrogens with zero attached hydrogens (tertiary/aromatic N) is 2. The molecule has 1 aromatic carbocycles.